The van der Waals surface area contributed by atoms with Crippen molar-refractivity contribution in [1.29, 1.82) is 0 Å². The summed E-state index contributed by atoms with van der Waals surface area (Å²) in [6, 6.07) is 17.1. The molecule has 2 aromatic carbocycles. The van der Waals surface area contributed by atoms with E-state index in [2.05, 4.69) is 13.8 Å². The maximum atomic E-state index is 12.1. The lowest BCUT2D eigenvalue weighted by Gasteiger charge is -2.08. The zero-order valence-corrected chi connectivity index (χ0v) is 12.5. The fraction of sp³-hybridized carbons (Fsp3) is 0.211. The molecule has 0 aliphatic carbocycles. The van der Waals surface area contributed by atoms with Crippen molar-refractivity contribution in [1.82, 2.24) is 0 Å². The molecular weight excluding hydrogens is 260 g/mol. The highest BCUT2D eigenvalue weighted by Crippen LogP contribution is 2.14. The third-order valence-corrected chi connectivity index (χ3v) is 2.95. The zero-order chi connectivity index (χ0) is 15.1. The average molecular weight is 280 g/mol. The fourth-order valence-corrected chi connectivity index (χ4v) is 1.81. The van der Waals surface area contributed by atoms with Crippen LogP contribution in [0, 0.1) is 5.92 Å². The molecule has 0 atom stereocenters. The molecule has 0 fully saturated rings. The monoisotopic (exact) mass is 280 g/mol. The van der Waals surface area contributed by atoms with E-state index in [0.29, 0.717) is 18.1 Å². The van der Waals surface area contributed by atoms with Crippen molar-refractivity contribution in [2.75, 3.05) is 6.61 Å². The van der Waals surface area contributed by atoms with Crippen molar-refractivity contribution in [2.24, 2.45) is 5.92 Å². The first-order valence-corrected chi connectivity index (χ1v) is 7.15. The van der Waals surface area contributed by atoms with Crippen LogP contribution in [0.25, 0.3) is 6.08 Å². The van der Waals surface area contributed by atoms with Crippen LogP contribution in [0.2, 0.25) is 0 Å². The largest absolute Gasteiger partial charge is 0.493 e. The number of ether oxygens (including phenoxy) is 1. The molecule has 0 aliphatic heterocycles. The van der Waals surface area contributed by atoms with Gasteiger partial charge in [0.1, 0.15) is 5.75 Å². The van der Waals surface area contributed by atoms with Crippen molar-refractivity contribution < 1.29 is 9.53 Å². The lowest BCUT2D eigenvalue weighted by Crippen LogP contribution is -2.04. The molecule has 2 heteroatoms. The molecule has 21 heavy (non-hydrogen) atoms. The third-order valence-electron chi connectivity index (χ3n) is 2.95. The van der Waals surface area contributed by atoms with Crippen molar-refractivity contribution in [3.8, 4) is 5.75 Å². The SMILES string of the molecule is CC(C)COc1ccc(C(=O)/C=C/c2ccccc2)cc1. The summed E-state index contributed by atoms with van der Waals surface area (Å²) in [5, 5.41) is 0. The number of ketones is 1. The van der Waals surface area contributed by atoms with Crippen LogP contribution >= 0.6 is 0 Å². The normalized spacial score (nSPS) is 11.0. The predicted molar refractivity (Wildman–Crippen MR) is 86.6 cm³/mol. The first-order chi connectivity index (χ1) is 10.1. The molecule has 0 saturated carbocycles. The number of hydrogen-bond acceptors (Lipinski definition) is 2. The first kappa shape index (κ1) is 15.0. The van der Waals surface area contributed by atoms with E-state index in [1.807, 2.05) is 48.5 Å². The van der Waals surface area contributed by atoms with Gasteiger partial charge < -0.3 is 4.74 Å². The Bertz CT molecular complexity index is 595. The molecular formula is C19H20O2. The highest BCUT2D eigenvalue weighted by atomic mass is 16.5. The van der Waals surface area contributed by atoms with Crippen LogP contribution in [-0.4, -0.2) is 12.4 Å². The van der Waals surface area contributed by atoms with E-state index < -0.39 is 0 Å². The number of carbonyl (C=O) groups is 1. The van der Waals surface area contributed by atoms with E-state index in [1.165, 1.54) is 0 Å². The Morgan fingerprint density at radius 3 is 2.33 bits per heavy atom. The van der Waals surface area contributed by atoms with Gasteiger partial charge in [0.15, 0.2) is 5.78 Å². The third kappa shape index (κ3) is 4.92. The topological polar surface area (TPSA) is 26.3 Å². The van der Waals surface area contributed by atoms with Crippen LogP contribution in [0.3, 0.4) is 0 Å². The molecule has 0 unspecified atom stereocenters. The van der Waals surface area contributed by atoms with Gasteiger partial charge in [0.2, 0.25) is 0 Å². The number of carbonyl (C=O) groups excluding carboxylic acids is 1. The molecule has 0 aliphatic rings. The summed E-state index contributed by atoms with van der Waals surface area (Å²) in [5.41, 5.74) is 1.68. The molecule has 0 aromatic heterocycles. The highest BCUT2D eigenvalue weighted by Gasteiger charge is 2.03. The molecule has 108 valence electrons. The van der Waals surface area contributed by atoms with Crippen LogP contribution in [0.4, 0.5) is 0 Å². The molecule has 0 N–H and O–H groups in total. The summed E-state index contributed by atoms with van der Waals surface area (Å²) in [6.07, 6.45) is 3.42. The van der Waals surface area contributed by atoms with Gasteiger partial charge in [-0.25, -0.2) is 0 Å². The van der Waals surface area contributed by atoms with E-state index in [4.69, 9.17) is 4.74 Å². The minimum atomic E-state index is -0.00531. The second-order valence-electron chi connectivity index (χ2n) is 5.34. The minimum Gasteiger partial charge on any atom is -0.493 e. The van der Waals surface area contributed by atoms with E-state index in [1.54, 1.807) is 18.2 Å². The van der Waals surface area contributed by atoms with Gasteiger partial charge in [0, 0.05) is 5.56 Å². The van der Waals surface area contributed by atoms with E-state index in [0.717, 1.165) is 11.3 Å². The molecule has 0 saturated heterocycles. The Hall–Kier alpha value is -2.35. The van der Waals surface area contributed by atoms with Gasteiger partial charge in [0.25, 0.3) is 0 Å². The van der Waals surface area contributed by atoms with Crippen molar-refractivity contribution in [3.05, 3.63) is 71.8 Å². The molecule has 2 nitrogen and oxygen atoms in total. The van der Waals surface area contributed by atoms with Crippen molar-refractivity contribution in [3.63, 3.8) is 0 Å². The van der Waals surface area contributed by atoms with Gasteiger partial charge in [-0.3, -0.25) is 4.79 Å². The molecule has 0 heterocycles. The summed E-state index contributed by atoms with van der Waals surface area (Å²) < 4.78 is 5.60. The minimum absolute atomic E-state index is 0.00531. The van der Waals surface area contributed by atoms with Gasteiger partial charge in [-0.2, -0.15) is 0 Å². The van der Waals surface area contributed by atoms with Crippen molar-refractivity contribution >= 4 is 11.9 Å². The molecule has 0 bridgehead atoms. The van der Waals surface area contributed by atoms with Crippen LogP contribution in [0.1, 0.15) is 29.8 Å². The van der Waals surface area contributed by atoms with E-state index in [9.17, 15) is 4.79 Å². The Labute approximate surface area is 126 Å². The van der Waals surface area contributed by atoms with E-state index >= 15 is 0 Å². The maximum Gasteiger partial charge on any atom is 0.185 e. The van der Waals surface area contributed by atoms with Gasteiger partial charge in [-0.1, -0.05) is 50.3 Å². The summed E-state index contributed by atoms with van der Waals surface area (Å²) in [7, 11) is 0. The lowest BCUT2D eigenvalue weighted by molar-refractivity contribution is 0.104. The highest BCUT2D eigenvalue weighted by molar-refractivity contribution is 6.06. The standard InChI is InChI=1S/C19H20O2/c1-15(2)14-21-18-11-9-17(10-12-18)19(20)13-8-16-6-4-3-5-7-16/h3-13,15H,14H2,1-2H3/b13-8+. The van der Waals surface area contributed by atoms with Gasteiger partial charge >= 0.3 is 0 Å². The first-order valence-electron chi connectivity index (χ1n) is 7.15. The predicted octanol–water partition coefficient (Wildman–Crippen LogP) is 4.62. The molecule has 0 spiro atoms. The smallest absolute Gasteiger partial charge is 0.185 e. The zero-order valence-electron chi connectivity index (χ0n) is 12.5. The molecule has 0 radical (unpaired) electrons. The fourth-order valence-electron chi connectivity index (χ4n) is 1.81. The maximum absolute atomic E-state index is 12.1. The molecule has 2 aromatic rings. The summed E-state index contributed by atoms with van der Waals surface area (Å²) in [6.45, 7) is 4.89. The van der Waals surface area contributed by atoms with Crippen LogP contribution < -0.4 is 4.74 Å². The van der Waals surface area contributed by atoms with Crippen LogP contribution in [-0.2, 0) is 0 Å². The Kier molecular flexibility index (Phi) is 5.33. The second-order valence-corrected chi connectivity index (χ2v) is 5.34. The number of hydrogen-bond donors (Lipinski definition) is 0. The lowest BCUT2D eigenvalue weighted by atomic mass is 10.1. The second kappa shape index (κ2) is 7.44. The molecule has 2 rings (SSSR count). The summed E-state index contributed by atoms with van der Waals surface area (Å²) >= 11 is 0. The number of benzene rings is 2. The number of rotatable bonds is 6. The summed E-state index contributed by atoms with van der Waals surface area (Å²) in [4.78, 5) is 12.1. The quantitative estimate of drug-likeness (QED) is 0.570. The number of allylic oxidation sites excluding steroid dienone is 1. The van der Waals surface area contributed by atoms with Crippen LogP contribution in [0.15, 0.2) is 60.7 Å². The Morgan fingerprint density at radius 2 is 1.71 bits per heavy atom. The Balaban J connectivity index is 1.98. The Morgan fingerprint density at radius 1 is 1.05 bits per heavy atom. The van der Waals surface area contributed by atoms with Gasteiger partial charge in [-0.05, 0) is 41.8 Å². The molecule has 0 amide bonds. The van der Waals surface area contributed by atoms with Crippen LogP contribution in [0.5, 0.6) is 5.75 Å². The van der Waals surface area contributed by atoms with E-state index in [-0.39, 0.29) is 5.78 Å². The summed E-state index contributed by atoms with van der Waals surface area (Å²) in [5.74, 6) is 1.28. The average Bonchev–Trinajstić information content (AvgIpc) is 2.52. The van der Waals surface area contributed by atoms with Gasteiger partial charge in [-0.15, -0.1) is 0 Å². The van der Waals surface area contributed by atoms with Crippen molar-refractivity contribution in [2.45, 2.75) is 13.8 Å². The van der Waals surface area contributed by atoms with Gasteiger partial charge in [0.05, 0.1) is 6.61 Å².